The van der Waals surface area contributed by atoms with E-state index < -0.39 is 28.0 Å². The summed E-state index contributed by atoms with van der Waals surface area (Å²) in [4.78, 5) is 24.2. The maximum Gasteiger partial charge on any atom is 0.308 e. The summed E-state index contributed by atoms with van der Waals surface area (Å²) in [5.74, 6) is -1.82. The Morgan fingerprint density at radius 1 is 1.25 bits per heavy atom. The lowest BCUT2D eigenvalue weighted by molar-refractivity contribution is -0.144. The summed E-state index contributed by atoms with van der Waals surface area (Å²) >= 11 is 0. The lowest BCUT2D eigenvalue weighted by Crippen LogP contribution is -2.48. The summed E-state index contributed by atoms with van der Waals surface area (Å²) in [6.07, 6.45) is 0.997. The maximum absolute atomic E-state index is 12.8. The van der Waals surface area contributed by atoms with Crippen molar-refractivity contribution in [3.63, 3.8) is 0 Å². The molecule has 1 fully saturated rings. The molecule has 8 heteroatoms. The molecule has 1 N–H and O–H groups in total. The fraction of sp³-hybridized carbons (Fsp3) is 0.500. The summed E-state index contributed by atoms with van der Waals surface area (Å²) in [5.41, 5.74) is 0.594. The predicted octanol–water partition coefficient (Wildman–Crippen LogP) is 1.54. The zero-order chi connectivity index (χ0) is 18.1. The number of hydrogen-bond donors (Lipinski definition) is 1. The Morgan fingerprint density at radius 2 is 1.83 bits per heavy atom. The van der Waals surface area contributed by atoms with Crippen molar-refractivity contribution >= 4 is 27.6 Å². The van der Waals surface area contributed by atoms with Crippen LogP contribution in [-0.2, 0) is 19.6 Å². The Kier molecular flexibility index (Phi) is 5.29. The molecule has 1 amide bonds. The lowest BCUT2D eigenvalue weighted by Gasteiger charge is -2.36. The fourth-order valence-electron chi connectivity index (χ4n) is 2.94. The predicted molar refractivity (Wildman–Crippen MR) is 89.2 cm³/mol. The molecule has 1 aliphatic rings. The highest BCUT2D eigenvalue weighted by Crippen LogP contribution is 2.30. The van der Waals surface area contributed by atoms with Crippen LogP contribution in [0.4, 0.5) is 5.69 Å². The number of benzene rings is 1. The summed E-state index contributed by atoms with van der Waals surface area (Å²) < 4.78 is 26.9. The van der Waals surface area contributed by atoms with Gasteiger partial charge in [0.2, 0.25) is 15.9 Å². The second-order valence-electron chi connectivity index (χ2n) is 6.02. The van der Waals surface area contributed by atoms with Gasteiger partial charge in [0.15, 0.2) is 0 Å². The van der Waals surface area contributed by atoms with Crippen LogP contribution in [0.2, 0.25) is 0 Å². The van der Waals surface area contributed by atoms with E-state index in [-0.39, 0.29) is 10.8 Å². The fourth-order valence-corrected chi connectivity index (χ4v) is 4.65. The van der Waals surface area contributed by atoms with Crippen molar-refractivity contribution in [1.82, 2.24) is 4.31 Å². The average molecular weight is 354 g/mol. The Balaban J connectivity index is 2.29. The molecular weight excluding hydrogens is 332 g/mol. The molecule has 2 rings (SSSR count). The van der Waals surface area contributed by atoms with Gasteiger partial charge < -0.3 is 10.0 Å². The first kappa shape index (κ1) is 18.4. The van der Waals surface area contributed by atoms with Crippen LogP contribution in [0.3, 0.4) is 0 Å². The van der Waals surface area contributed by atoms with Crippen molar-refractivity contribution in [2.24, 2.45) is 5.92 Å². The van der Waals surface area contributed by atoms with E-state index in [0.29, 0.717) is 25.1 Å². The summed E-state index contributed by atoms with van der Waals surface area (Å²) in [6, 6.07) is 5.43. The van der Waals surface area contributed by atoms with Gasteiger partial charge in [-0.05, 0) is 44.0 Å². The van der Waals surface area contributed by atoms with E-state index in [1.54, 1.807) is 26.1 Å². The van der Waals surface area contributed by atoms with Crippen LogP contribution in [0, 0.1) is 5.92 Å². The quantitative estimate of drug-likeness (QED) is 0.885. The van der Waals surface area contributed by atoms with Gasteiger partial charge >= 0.3 is 5.97 Å². The first-order valence-electron chi connectivity index (χ1n) is 7.75. The minimum atomic E-state index is -3.77. The van der Waals surface area contributed by atoms with Crippen LogP contribution >= 0.6 is 0 Å². The number of carboxylic acids is 1. The minimum Gasteiger partial charge on any atom is -0.481 e. The monoisotopic (exact) mass is 354 g/mol. The van der Waals surface area contributed by atoms with Crippen molar-refractivity contribution in [2.75, 3.05) is 18.5 Å². The van der Waals surface area contributed by atoms with Gasteiger partial charge in [-0.1, -0.05) is 0 Å². The molecule has 0 aliphatic carbocycles. The average Bonchev–Trinajstić information content (AvgIpc) is 2.53. The summed E-state index contributed by atoms with van der Waals surface area (Å²) in [6.45, 7) is 3.36. The van der Waals surface area contributed by atoms with E-state index in [0.717, 1.165) is 0 Å². The van der Waals surface area contributed by atoms with Gasteiger partial charge in [-0.2, -0.15) is 4.31 Å². The molecule has 0 radical (unpaired) electrons. The highest BCUT2D eigenvalue weighted by atomic mass is 32.2. The molecule has 2 atom stereocenters. The molecule has 1 saturated heterocycles. The number of anilines is 1. The number of carboxylic acid groups (broad SMARTS) is 1. The first-order valence-corrected chi connectivity index (χ1v) is 9.19. The molecule has 24 heavy (non-hydrogen) atoms. The normalized spacial score (nSPS) is 22.1. The van der Waals surface area contributed by atoms with E-state index >= 15 is 0 Å². The smallest absolute Gasteiger partial charge is 0.308 e. The molecule has 0 bridgehead atoms. The third kappa shape index (κ3) is 3.44. The standard InChI is InChI=1S/C16H22N2O5S/c1-11-15(16(20)21)5-4-10-18(11)24(22,23)14-8-6-13(7-9-14)17(3)12(2)19/h6-9,11,15H,4-5,10H2,1-3H3,(H,20,21)/t11-,15-/m1/s1. The number of rotatable bonds is 4. The van der Waals surface area contributed by atoms with Gasteiger partial charge in [-0.3, -0.25) is 9.59 Å². The highest BCUT2D eigenvalue weighted by Gasteiger charge is 2.39. The zero-order valence-corrected chi connectivity index (χ0v) is 14.8. The second kappa shape index (κ2) is 6.90. The van der Waals surface area contributed by atoms with E-state index in [9.17, 15) is 23.1 Å². The topological polar surface area (TPSA) is 95.0 Å². The van der Waals surface area contributed by atoms with E-state index in [1.165, 1.54) is 28.3 Å². The SMILES string of the molecule is CC(=O)N(C)c1ccc(S(=O)(=O)N2CCC[C@@H](C(=O)O)[C@H]2C)cc1. The number of carbonyl (C=O) groups is 2. The molecule has 1 aromatic rings. The zero-order valence-electron chi connectivity index (χ0n) is 14.0. The first-order chi connectivity index (χ1) is 11.2. The van der Waals surface area contributed by atoms with Crippen molar-refractivity contribution in [3.8, 4) is 0 Å². The van der Waals surface area contributed by atoms with Crippen molar-refractivity contribution in [1.29, 1.82) is 0 Å². The number of carbonyl (C=O) groups excluding carboxylic acids is 1. The molecule has 1 aliphatic heterocycles. The second-order valence-corrected chi connectivity index (χ2v) is 7.91. The third-order valence-corrected chi connectivity index (χ3v) is 6.55. The van der Waals surface area contributed by atoms with Crippen molar-refractivity contribution < 1.29 is 23.1 Å². The molecule has 7 nitrogen and oxygen atoms in total. The summed E-state index contributed by atoms with van der Waals surface area (Å²) in [5, 5.41) is 9.25. The Morgan fingerprint density at radius 3 is 2.33 bits per heavy atom. The van der Waals surface area contributed by atoms with Crippen LogP contribution in [0.15, 0.2) is 29.2 Å². The van der Waals surface area contributed by atoms with Gasteiger partial charge in [0.25, 0.3) is 0 Å². The molecule has 0 saturated carbocycles. The van der Waals surface area contributed by atoms with Crippen LogP contribution < -0.4 is 4.90 Å². The Labute approximate surface area is 141 Å². The largest absolute Gasteiger partial charge is 0.481 e. The molecule has 0 spiro atoms. The van der Waals surface area contributed by atoms with Gasteiger partial charge in [-0.15, -0.1) is 0 Å². The Hall–Kier alpha value is -1.93. The van der Waals surface area contributed by atoms with E-state index in [4.69, 9.17) is 0 Å². The van der Waals surface area contributed by atoms with Crippen LogP contribution in [0.5, 0.6) is 0 Å². The molecule has 1 aromatic carbocycles. The molecule has 0 aromatic heterocycles. The van der Waals surface area contributed by atoms with Gasteiger partial charge in [-0.25, -0.2) is 8.42 Å². The van der Waals surface area contributed by atoms with Gasteiger partial charge in [0.1, 0.15) is 0 Å². The van der Waals surface area contributed by atoms with Crippen LogP contribution in [-0.4, -0.2) is 49.3 Å². The highest BCUT2D eigenvalue weighted by molar-refractivity contribution is 7.89. The number of sulfonamides is 1. The number of aliphatic carboxylic acids is 1. The molecule has 1 heterocycles. The van der Waals surface area contributed by atoms with Crippen LogP contribution in [0.1, 0.15) is 26.7 Å². The molecule has 132 valence electrons. The van der Waals surface area contributed by atoms with E-state index in [1.807, 2.05) is 0 Å². The van der Waals surface area contributed by atoms with E-state index in [2.05, 4.69) is 0 Å². The van der Waals surface area contributed by atoms with Crippen molar-refractivity contribution in [2.45, 2.75) is 37.6 Å². The van der Waals surface area contributed by atoms with Crippen molar-refractivity contribution in [3.05, 3.63) is 24.3 Å². The molecule has 0 unspecified atom stereocenters. The molecular formula is C16H22N2O5S. The van der Waals surface area contributed by atoms with Crippen LogP contribution in [0.25, 0.3) is 0 Å². The summed E-state index contributed by atoms with van der Waals surface area (Å²) in [7, 11) is -2.17. The third-order valence-electron chi connectivity index (χ3n) is 4.55. The minimum absolute atomic E-state index is 0.0982. The Bertz CT molecular complexity index is 729. The number of hydrogen-bond acceptors (Lipinski definition) is 4. The number of nitrogens with zero attached hydrogens (tertiary/aromatic N) is 2. The number of piperidine rings is 1. The maximum atomic E-state index is 12.8. The van der Waals surface area contributed by atoms with Gasteiger partial charge in [0.05, 0.1) is 10.8 Å². The lowest BCUT2D eigenvalue weighted by atomic mass is 9.92. The van der Waals surface area contributed by atoms with Gasteiger partial charge in [0, 0.05) is 32.2 Å². The number of amides is 1.